The first-order chi connectivity index (χ1) is 9.97. The van der Waals surface area contributed by atoms with Crippen LogP contribution in [0.1, 0.15) is 34.1 Å². The summed E-state index contributed by atoms with van der Waals surface area (Å²) in [6.07, 6.45) is 0.555. The molecule has 5 nitrogen and oxygen atoms in total. The van der Waals surface area contributed by atoms with Crippen molar-refractivity contribution in [3.05, 3.63) is 24.3 Å². The summed E-state index contributed by atoms with van der Waals surface area (Å²) in [7, 11) is -1.24. The number of amides is 1. The van der Waals surface area contributed by atoms with Crippen molar-refractivity contribution in [1.29, 1.82) is 0 Å². The summed E-state index contributed by atoms with van der Waals surface area (Å²) in [5.41, 5.74) is 1.77. The van der Waals surface area contributed by atoms with E-state index >= 15 is 0 Å². The first-order valence-electron chi connectivity index (χ1n) is 7.27. The molecule has 1 heterocycles. The third kappa shape index (κ3) is 4.40. The van der Waals surface area contributed by atoms with Gasteiger partial charge >= 0.3 is 0 Å². The van der Waals surface area contributed by atoms with Gasteiger partial charge in [-0.1, -0.05) is 12.1 Å². The molecule has 1 aromatic rings. The number of rotatable bonds is 5. The van der Waals surface area contributed by atoms with E-state index in [4.69, 9.17) is 9.05 Å². The van der Waals surface area contributed by atoms with Crippen LogP contribution in [0.4, 0.5) is 11.4 Å². The first kappa shape index (κ1) is 16.2. The molecular weight excluding hydrogens is 287 g/mol. The van der Waals surface area contributed by atoms with Crippen LogP contribution in [-0.4, -0.2) is 24.7 Å². The van der Waals surface area contributed by atoms with Gasteiger partial charge in [0.15, 0.2) is 0 Å². The number of carbonyl (C=O) groups excluding carboxylic acids is 1. The molecule has 0 aromatic heterocycles. The Kier molecular flexibility index (Phi) is 5.57. The molecule has 1 aliphatic rings. The Hall–Kier alpha value is -1.16. The van der Waals surface area contributed by atoms with Crippen LogP contribution >= 0.6 is 8.53 Å². The number of nitrogens with zero attached hydrogens (tertiary/aromatic N) is 1. The second-order valence-corrected chi connectivity index (χ2v) is 6.86. The first-order valence-corrected chi connectivity index (χ1v) is 8.40. The van der Waals surface area contributed by atoms with Crippen LogP contribution in [0.15, 0.2) is 24.3 Å². The summed E-state index contributed by atoms with van der Waals surface area (Å²) in [6, 6.07) is 7.77. The molecule has 0 radical (unpaired) electrons. The van der Waals surface area contributed by atoms with E-state index in [2.05, 4.69) is 9.99 Å². The Labute approximate surface area is 127 Å². The van der Waals surface area contributed by atoms with Gasteiger partial charge < -0.3 is 19.0 Å². The van der Waals surface area contributed by atoms with Gasteiger partial charge in [-0.05, 0) is 39.8 Å². The molecule has 21 heavy (non-hydrogen) atoms. The van der Waals surface area contributed by atoms with Crippen LogP contribution in [0.5, 0.6) is 0 Å². The third-order valence-electron chi connectivity index (χ3n) is 2.81. The zero-order chi connectivity index (χ0) is 15.4. The van der Waals surface area contributed by atoms with Crippen molar-refractivity contribution in [2.24, 2.45) is 0 Å². The van der Waals surface area contributed by atoms with Crippen LogP contribution in [0.2, 0.25) is 0 Å². The Morgan fingerprint density at radius 3 is 2.38 bits per heavy atom. The Morgan fingerprint density at radius 1 is 1.14 bits per heavy atom. The highest BCUT2D eigenvalue weighted by atomic mass is 31.2. The van der Waals surface area contributed by atoms with Crippen molar-refractivity contribution in [2.75, 3.05) is 16.5 Å². The minimum atomic E-state index is -1.24. The molecule has 0 unspecified atom stereocenters. The number of hydrogen-bond donors (Lipinski definition) is 1. The molecule has 6 heteroatoms. The summed E-state index contributed by atoms with van der Waals surface area (Å²) >= 11 is 0. The van der Waals surface area contributed by atoms with Gasteiger partial charge in [-0.3, -0.25) is 4.79 Å². The van der Waals surface area contributed by atoms with Crippen LogP contribution < -0.4 is 9.99 Å². The average Bonchev–Trinajstić information content (AvgIpc) is 2.55. The lowest BCUT2D eigenvalue weighted by Crippen LogP contribution is -2.24. The maximum atomic E-state index is 11.8. The van der Waals surface area contributed by atoms with Crippen molar-refractivity contribution in [2.45, 2.75) is 46.3 Å². The number of carbonyl (C=O) groups is 1. The molecule has 1 N–H and O–H groups in total. The Bertz CT molecular complexity index is 484. The summed E-state index contributed by atoms with van der Waals surface area (Å²) < 4.78 is 14.0. The van der Waals surface area contributed by atoms with Crippen LogP contribution in [0.25, 0.3) is 0 Å². The van der Waals surface area contributed by atoms with Crippen molar-refractivity contribution in [3.63, 3.8) is 0 Å². The fourth-order valence-electron chi connectivity index (χ4n) is 2.01. The molecular formula is C15H23N2O3P. The van der Waals surface area contributed by atoms with E-state index in [1.54, 1.807) is 0 Å². The second kappa shape index (κ2) is 7.21. The number of nitrogens with one attached hydrogen (secondary N) is 1. The molecule has 116 valence electrons. The van der Waals surface area contributed by atoms with Crippen LogP contribution in [0, 0.1) is 0 Å². The highest BCUT2D eigenvalue weighted by Gasteiger charge is 2.29. The van der Waals surface area contributed by atoms with Crippen molar-refractivity contribution in [1.82, 2.24) is 0 Å². The van der Waals surface area contributed by atoms with E-state index in [1.165, 1.54) is 0 Å². The predicted octanol–water partition coefficient (Wildman–Crippen LogP) is 3.91. The smallest absolute Gasteiger partial charge is 0.290 e. The second-order valence-electron chi connectivity index (χ2n) is 5.48. The minimum Gasteiger partial charge on any atom is -0.324 e. The number of benzene rings is 1. The molecule has 0 bridgehead atoms. The molecule has 0 aliphatic carbocycles. The summed E-state index contributed by atoms with van der Waals surface area (Å²) in [6.45, 7) is 8.56. The van der Waals surface area contributed by atoms with Gasteiger partial charge in [-0.25, -0.2) is 0 Å². The minimum absolute atomic E-state index is 0.0222. The molecule has 1 aliphatic heterocycles. The zero-order valence-corrected chi connectivity index (χ0v) is 13.9. The molecule has 0 saturated carbocycles. The number of fused-ring (bicyclic) bond motifs is 1. The monoisotopic (exact) mass is 310 g/mol. The SMILES string of the molecule is CC(C)OP(OC(C)C)N1CCC(=O)Nc2ccccc21. The zero-order valence-electron chi connectivity index (χ0n) is 13.0. The van der Waals surface area contributed by atoms with E-state index in [1.807, 2.05) is 52.0 Å². The number of hydrogen-bond acceptors (Lipinski definition) is 4. The van der Waals surface area contributed by atoms with E-state index in [0.717, 1.165) is 11.4 Å². The van der Waals surface area contributed by atoms with E-state index in [0.29, 0.717) is 13.0 Å². The molecule has 0 fully saturated rings. The molecule has 0 atom stereocenters. The predicted molar refractivity (Wildman–Crippen MR) is 86.4 cm³/mol. The van der Waals surface area contributed by atoms with Gasteiger partial charge in [0.05, 0.1) is 23.6 Å². The fourth-order valence-corrected chi connectivity index (χ4v) is 3.63. The van der Waals surface area contributed by atoms with Crippen LogP contribution in [0.3, 0.4) is 0 Å². The van der Waals surface area contributed by atoms with E-state index < -0.39 is 8.53 Å². The normalized spacial score (nSPS) is 15.4. The van der Waals surface area contributed by atoms with Crippen molar-refractivity contribution < 1.29 is 13.8 Å². The maximum absolute atomic E-state index is 11.8. The van der Waals surface area contributed by atoms with E-state index in [9.17, 15) is 4.79 Å². The summed E-state index contributed by atoms with van der Waals surface area (Å²) in [5.74, 6) is 0.0222. The quantitative estimate of drug-likeness (QED) is 0.838. The topological polar surface area (TPSA) is 50.8 Å². The number of anilines is 2. The Morgan fingerprint density at radius 2 is 1.76 bits per heavy atom. The molecule has 2 rings (SSSR count). The van der Waals surface area contributed by atoms with Gasteiger partial charge in [0.2, 0.25) is 5.91 Å². The van der Waals surface area contributed by atoms with Gasteiger partial charge in [-0.15, -0.1) is 0 Å². The molecule has 1 aromatic carbocycles. The lowest BCUT2D eigenvalue weighted by molar-refractivity contribution is -0.115. The maximum Gasteiger partial charge on any atom is 0.290 e. The van der Waals surface area contributed by atoms with Crippen LogP contribution in [-0.2, 0) is 13.8 Å². The summed E-state index contributed by atoms with van der Waals surface area (Å²) in [4.78, 5) is 11.8. The van der Waals surface area contributed by atoms with Gasteiger partial charge in [0, 0.05) is 13.0 Å². The van der Waals surface area contributed by atoms with Gasteiger partial charge in [0.1, 0.15) is 0 Å². The van der Waals surface area contributed by atoms with E-state index in [-0.39, 0.29) is 18.1 Å². The molecule has 0 spiro atoms. The van der Waals surface area contributed by atoms with Crippen molar-refractivity contribution in [3.8, 4) is 0 Å². The third-order valence-corrected chi connectivity index (χ3v) is 4.82. The lowest BCUT2D eigenvalue weighted by atomic mass is 10.2. The van der Waals surface area contributed by atoms with Gasteiger partial charge in [0.25, 0.3) is 8.53 Å². The van der Waals surface area contributed by atoms with Gasteiger partial charge in [-0.2, -0.15) is 0 Å². The fraction of sp³-hybridized carbons (Fsp3) is 0.533. The Balaban J connectivity index is 2.32. The average molecular weight is 310 g/mol. The summed E-state index contributed by atoms with van der Waals surface area (Å²) in [5, 5.41) is 2.93. The highest BCUT2D eigenvalue weighted by molar-refractivity contribution is 7.49. The molecule has 1 amide bonds. The number of para-hydroxylation sites is 2. The lowest BCUT2D eigenvalue weighted by Gasteiger charge is -2.33. The highest BCUT2D eigenvalue weighted by Crippen LogP contribution is 2.50. The van der Waals surface area contributed by atoms with Crippen molar-refractivity contribution >= 4 is 25.8 Å². The standard InChI is InChI=1S/C15H23N2O3P/c1-11(2)19-21(20-12(3)4)17-10-9-15(18)16-13-7-5-6-8-14(13)17/h5-8,11-12H,9-10H2,1-4H3,(H,16,18). The largest absolute Gasteiger partial charge is 0.324 e. The molecule has 0 saturated heterocycles.